The molecule has 3 rings (SSSR count). The maximum Gasteiger partial charge on any atom is 0.170 e. The van der Waals surface area contributed by atoms with Gasteiger partial charge in [0.1, 0.15) is 12.4 Å². The van der Waals surface area contributed by atoms with Crippen LogP contribution in [-0.2, 0) is 0 Å². The van der Waals surface area contributed by atoms with Crippen LogP contribution in [0.15, 0.2) is 60.2 Å². The molecular formula is C28H32O5. The lowest BCUT2D eigenvalue weighted by molar-refractivity contribution is 0.335. The Hall–Kier alpha value is -3.60. The molecule has 3 aromatic rings. The van der Waals surface area contributed by atoms with Crippen LogP contribution in [0.5, 0.6) is 28.7 Å². The number of allylic oxidation sites excluding steroid dienone is 1. The lowest BCUT2D eigenvalue weighted by Gasteiger charge is -2.19. The van der Waals surface area contributed by atoms with Gasteiger partial charge in [0.15, 0.2) is 23.0 Å². The Morgan fingerprint density at radius 3 is 2.09 bits per heavy atom. The van der Waals surface area contributed by atoms with Gasteiger partial charge >= 0.3 is 0 Å². The zero-order chi connectivity index (χ0) is 24.1. The molecule has 3 aromatic carbocycles. The SMILES string of the molecule is COc1cc(-c2ccc(C(C)C)cc2)c(OC)c(O)c1-c1ccc(OCC=C(C)C)c(O)c1. The maximum atomic E-state index is 11.2. The molecular weight excluding hydrogens is 416 g/mol. The van der Waals surface area contributed by atoms with Gasteiger partial charge in [-0.1, -0.05) is 49.8 Å². The molecule has 174 valence electrons. The lowest BCUT2D eigenvalue weighted by atomic mass is 9.94. The van der Waals surface area contributed by atoms with E-state index in [1.165, 1.54) is 12.7 Å². The molecule has 0 unspecified atom stereocenters. The molecule has 2 N–H and O–H groups in total. The van der Waals surface area contributed by atoms with E-state index in [9.17, 15) is 10.2 Å². The highest BCUT2D eigenvalue weighted by Crippen LogP contribution is 2.50. The molecule has 0 saturated heterocycles. The molecule has 0 heterocycles. The van der Waals surface area contributed by atoms with E-state index in [4.69, 9.17) is 14.2 Å². The van der Waals surface area contributed by atoms with Gasteiger partial charge in [-0.2, -0.15) is 0 Å². The number of aromatic hydroxyl groups is 2. The molecule has 0 aliphatic carbocycles. The summed E-state index contributed by atoms with van der Waals surface area (Å²) in [7, 11) is 3.07. The molecule has 0 aromatic heterocycles. The van der Waals surface area contributed by atoms with E-state index in [0.717, 1.165) is 16.7 Å². The molecule has 0 spiro atoms. The van der Waals surface area contributed by atoms with Gasteiger partial charge in [0.25, 0.3) is 0 Å². The first-order valence-corrected chi connectivity index (χ1v) is 10.9. The third-order valence-corrected chi connectivity index (χ3v) is 5.51. The monoisotopic (exact) mass is 448 g/mol. The van der Waals surface area contributed by atoms with Crippen molar-refractivity contribution in [2.24, 2.45) is 0 Å². The lowest BCUT2D eigenvalue weighted by Crippen LogP contribution is -1.97. The Balaban J connectivity index is 2.06. The molecule has 0 amide bonds. The summed E-state index contributed by atoms with van der Waals surface area (Å²) in [6, 6.07) is 15.0. The van der Waals surface area contributed by atoms with Crippen LogP contribution in [0.2, 0.25) is 0 Å². The predicted octanol–water partition coefficient (Wildman–Crippen LogP) is 6.92. The summed E-state index contributed by atoms with van der Waals surface area (Å²) in [4.78, 5) is 0. The van der Waals surface area contributed by atoms with Gasteiger partial charge in [0.2, 0.25) is 0 Å². The second kappa shape index (κ2) is 10.3. The normalized spacial score (nSPS) is 10.8. The van der Waals surface area contributed by atoms with Gasteiger partial charge in [0, 0.05) is 5.56 Å². The van der Waals surface area contributed by atoms with Gasteiger partial charge in [-0.15, -0.1) is 0 Å². The van der Waals surface area contributed by atoms with Crippen molar-refractivity contribution in [1.29, 1.82) is 0 Å². The molecule has 0 bridgehead atoms. The van der Waals surface area contributed by atoms with Crippen LogP contribution >= 0.6 is 0 Å². The number of ether oxygens (including phenoxy) is 3. The van der Waals surface area contributed by atoms with E-state index >= 15 is 0 Å². The average molecular weight is 449 g/mol. The first-order valence-electron chi connectivity index (χ1n) is 10.9. The minimum atomic E-state index is -0.0580. The molecule has 33 heavy (non-hydrogen) atoms. The molecule has 0 aliphatic heterocycles. The van der Waals surface area contributed by atoms with E-state index in [2.05, 4.69) is 26.0 Å². The summed E-state index contributed by atoms with van der Waals surface area (Å²) < 4.78 is 16.9. The van der Waals surface area contributed by atoms with Crippen LogP contribution in [0, 0.1) is 0 Å². The van der Waals surface area contributed by atoms with Crippen molar-refractivity contribution in [3.63, 3.8) is 0 Å². The first kappa shape index (κ1) is 24.1. The summed E-state index contributed by atoms with van der Waals surface area (Å²) >= 11 is 0. The quantitative estimate of drug-likeness (QED) is 0.366. The van der Waals surface area contributed by atoms with Crippen molar-refractivity contribution in [3.05, 3.63) is 65.7 Å². The first-order chi connectivity index (χ1) is 15.8. The van der Waals surface area contributed by atoms with E-state index in [1.807, 2.05) is 38.1 Å². The Bertz CT molecular complexity index is 1140. The van der Waals surface area contributed by atoms with E-state index in [-0.39, 0.29) is 11.5 Å². The average Bonchev–Trinajstić information content (AvgIpc) is 2.79. The fourth-order valence-electron chi connectivity index (χ4n) is 3.63. The summed E-state index contributed by atoms with van der Waals surface area (Å²) in [6.45, 7) is 8.62. The Morgan fingerprint density at radius 1 is 0.879 bits per heavy atom. The van der Waals surface area contributed by atoms with Crippen LogP contribution in [0.1, 0.15) is 39.2 Å². The number of methoxy groups -OCH3 is 2. The number of benzene rings is 3. The zero-order valence-electron chi connectivity index (χ0n) is 20.1. The fourth-order valence-corrected chi connectivity index (χ4v) is 3.63. The predicted molar refractivity (Wildman–Crippen MR) is 133 cm³/mol. The van der Waals surface area contributed by atoms with Crippen LogP contribution in [0.3, 0.4) is 0 Å². The molecule has 5 heteroatoms. The molecule has 0 saturated carbocycles. The minimum absolute atomic E-state index is 0.0246. The largest absolute Gasteiger partial charge is 0.504 e. The molecule has 0 radical (unpaired) electrons. The van der Waals surface area contributed by atoms with Crippen molar-refractivity contribution in [2.45, 2.75) is 33.6 Å². The number of phenolic OH excluding ortho intramolecular Hbond substituents is 2. The summed E-state index contributed by atoms with van der Waals surface area (Å²) in [5.74, 6) is 1.51. The van der Waals surface area contributed by atoms with Gasteiger partial charge in [-0.05, 0) is 60.7 Å². The number of hydrogen-bond donors (Lipinski definition) is 2. The molecule has 0 atom stereocenters. The summed E-state index contributed by atoms with van der Waals surface area (Å²) in [6.07, 6.45) is 1.93. The standard InChI is InChI=1S/C28H32O5/c1-17(2)13-14-33-24-12-11-21(15-23(24)29)26-25(31-5)16-22(28(32-6)27(26)30)20-9-7-19(8-10-20)18(3)4/h7-13,15-16,18,29-30H,14H2,1-6H3. The maximum absolute atomic E-state index is 11.2. The minimum Gasteiger partial charge on any atom is -0.504 e. The van der Waals surface area contributed by atoms with Gasteiger partial charge in [-0.25, -0.2) is 0 Å². The fraction of sp³-hybridized carbons (Fsp3) is 0.286. The highest BCUT2D eigenvalue weighted by molar-refractivity contribution is 5.88. The number of rotatable bonds is 8. The zero-order valence-corrected chi connectivity index (χ0v) is 20.1. The van der Waals surface area contributed by atoms with E-state index in [0.29, 0.717) is 40.9 Å². The second-order valence-electron chi connectivity index (χ2n) is 8.43. The summed E-state index contributed by atoms with van der Waals surface area (Å²) in [5, 5.41) is 21.7. The molecule has 0 fully saturated rings. The van der Waals surface area contributed by atoms with Gasteiger partial charge in [-0.3, -0.25) is 0 Å². The Morgan fingerprint density at radius 2 is 1.55 bits per heavy atom. The van der Waals surface area contributed by atoms with Crippen molar-refractivity contribution in [2.75, 3.05) is 20.8 Å². The molecule has 0 aliphatic rings. The Kier molecular flexibility index (Phi) is 7.54. The van der Waals surface area contributed by atoms with Crippen molar-refractivity contribution >= 4 is 0 Å². The topological polar surface area (TPSA) is 68.2 Å². The van der Waals surface area contributed by atoms with Gasteiger partial charge in [0.05, 0.1) is 19.8 Å². The molecule has 5 nitrogen and oxygen atoms in total. The highest BCUT2D eigenvalue weighted by Gasteiger charge is 2.22. The third-order valence-electron chi connectivity index (χ3n) is 5.51. The van der Waals surface area contributed by atoms with Crippen LogP contribution in [0.25, 0.3) is 22.3 Å². The smallest absolute Gasteiger partial charge is 0.170 e. The second-order valence-corrected chi connectivity index (χ2v) is 8.43. The van der Waals surface area contributed by atoms with Crippen molar-refractivity contribution in [3.8, 4) is 51.0 Å². The van der Waals surface area contributed by atoms with E-state index < -0.39 is 0 Å². The number of phenols is 2. The van der Waals surface area contributed by atoms with Crippen LogP contribution in [-0.4, -0.2) is 31.0 Å². The Labute approximate surface area is 195 Å². The van der Waals surface area contributed by atoms with Crippen molar-refractivity contribution < 1.29 is 24.4 Å². The number of hydrogen-bond acceptors (Lipinski definition) is 5. The van der Waals surface area contributed by atoms with E-state index in [1.54, 1.807) is 25.3 Å². The van der Waals surface area contributed by atoms with Gasteiger partial charge < -0.3 is 24.4 Å². The van der Waals surface area contributed by atoms with Crippen molar-refractivity contribution in [1.82, 2.24) is 0 Å². The third kappa shape index (κ3) is 5.25. The highest BCUT2D eigenvalue weighted by atomic mass is 16.5. The summed E-state index contributed by atoms with van der Waals surface area (Å²) in [5.41, 5.74) is 5.00. The van der Waals surface area contributed by atoms with Crippen LogP contribution < -0.4 is 14.2 Å². The van der Waals surface area contributed by atoms with Crippen LogP contribution in [0.4, 0.5) is 0 Å².